The van der Waals surface area contributed by atoms with Crippen molar-refractivity contribution in [1.29, 1.82) is 0 Å². The number of nitrogens with two attached hydrogens (primary N) is 1. The van der Waals surface area contributed by atoms with Gasteiger partial charge in [0.15, 0.2) is 0 Å². The maximum atomic E-state index is 10.4. The minimum absolute atomic E-state index is 0.195. The molecule has 4 nitrogen and oxygen atoms in total. The molecule has 0 atom stereocenters. The van der Waals surface area contributed by atoms with E-state index < -0.39 is 0 Å². The van der Waals surface area contributed by atoms with Gasteiger partial charge in [0.1, 0.15) is 6.26 Å². The van der Waals surface area contributed by atoms with E-state index in [1.165, 1.54) is 18.0 Å². The zero-order valence-corrected chi connectivity index (χ0v) is 7.43. The van der Waals surface area contributed by atoms with Gasteiger partial charge in [-0.3, -0.25) is 4.79 Å². The maximum Gasteiger partial charge on any atom is 0.255 e. The predicted molar refractivity (Wildman–Crippen MR) is 45.5 cm³/mol. The molecule has 1 radical (unpaired) electrons. The zero-order valence-electron chi connectivity index (χ0n) is 6.61. The Bertz CT molecular complexity index is 272. The van der Waals surface area contributed by atoms with Crippen LogP contribution in [0.3, 0.4) is 0 Å². The summed E-state index contributed by atoms with van der Waals surface area (Å²) in [6.07, 6.45) is 5.18. The highest BCUT2D eigenvalue weighted by Crippen LogP contribution is 2.14. The van der Waals surface area contributed by atoms with Crippen molar-refractivity contribution in [3.63, 3.8) is 0 Å². The largest absolute Gasteiger partial charge is 0.440 e. The van der Waals surface area contributed by atoms with Crippen molar-refractivity contribution >= 4 is 17.7 Å². The molecule has 0 aliphatic rings. The summed E-state index contributed by atoms with van der Waals surface area (Å²) in [4.78, 5) is 14.4. The van der Waals surface area contributed by atoms with Crippen LogP contribution >= 0.6 is 11.8 Å². The molecule has 1 rings (SSSR count). The minimum Gasteiger partial charge on any atom is -0.440 e. The molecule has 1 aromatic heterocycles. The molecule has 0 fully saturated rings. The number of primary amides is 1. The first-order chi connectivity index (χ1) is 5.72. The fourth-order valence-electron chi connectivity index (χ4n) is 0.662. The lowest BCUT2D eigenvalue weighted by Gasteiger charge is -1.88. The van der Waals surface area contributed by atoms with Gasteiger partial charge in [-0.2, -0.15) is 0 Å². The van der Waals surface area contributed by atoms with Crippen molar-refractivity contribution in [2.75, 3.05) is 6.26 Å². The molecule has 0 aliphatic carbocycles. The van der Waals surface area contributed by atoms with Crippen LogP contribution in [0.5, 0.6) is 0 Å². The second-order valence-electron chi connectivity index (χ2n) is 2.12. The summed E-state index contributed by atoms with van der Waals surface area (Å²) in [7, 11) is 0. The second-order valence-corrected chi connectivity index (χ2v) is 2.87. The van der Waals surface area contributed by atoms with Crippen molar-refractivity contribution < 1.29 is 9.21 Å². The molecule has 0 aliphatic heterocycles. The number of thioether (sulfide) groups is 1. The van der Waals surface area contributed by atoms with Crippen LogP contribution in [0.1, 0.15) is 12.1 Å². The van der Waals surface area contributed by atoms with Crippen LogP contribution in [-0.4, -0.2) is 17.1 Å². The molecule has 12 heavy (non-hydrogen) atoms. The quantitative estimate of drug-likeness (QED) is 0.705. The lowest BCUT2D eigenvalue weighted by atomic mass is 10.2. The average Bonchev–Trinajstić information content (AvgIpc) is 2.48. The first-order valence-electron chi connectivity index (χ1n) is 3.33. The van der Waals surface area contributed by atoms with E-state index >= 15 is 0 Å². The standard InChI is InChI=1S/C7H9N2O2S/c1-12-7-9-5(4-11-7)2-3-6(8)10/h2,4H,3H2,1H3,(H2,8,10). The normalized spacial score (nSPS) is 10.1. The van der Waals surface area contributed by atoms with Crippen LogP contribution in [0.2, 0.25) is 0 Å². The van der Waals surface area contributed by atoms with E-state index in [2.05, 4.69) is 4.98 Å². The Kier molecular flexibility index (Phi) is 3.16. The summed E-state index contributed by atoms with van der Waals surface area (Å²) in [6, 6.07) is 0. The van der Waals surface area contributed by atoms with E-state index in [1.807, 2.05) is 6.26 Å². The molecule has 2 N–H and O–H groups in total. The molecule has 0 bridgehead atoms. The number of aromatic nitrogens is 1. The van der Waals surface area contributed by atoms with Gasteiger partial charge < -0.3 is 10.2 Å². The molecule has 0 aromatic carbocycles. The maximum absolute atomic E-state index is 10.4. The van der Waals surface area contributed by atoms with E-state index in [4.69, 9.17) is 10.2 Å². The topological polar surface area (TPSA) is 69.1 Å². The molecule has 65 valence electrons. The van der Waals surface area contributed by atoms with Crippen LogP contribution in [0, 0.1) is 6.42 Å². The highest BCUT2D eigenvalue weighted by atomic mass is 32.2. The van der Waals surface area contributed by atoms with Crippen molar-refractivity contribution in [2.45, 2.75) is 11.6 Å². The molecule has 0 unspecified atom stereocenters. The predicted octanol–water partition coefficient (Wildman–Crippen LogP) is 0.824. The lowest BCUT2D eigenvalue weighted by molar-refractivity contribution is -0.117. The van der Waals surface area contributed by atoms with Crippen LogP contribution < -0.4 is 5.73 Å². The first-order valence-corrected chi connectivity index (χ1v) is 4.56. The Morgan fingerprint density at radius 1 is 1.92 bits per heavy atom. The van der Waals surface area contributed by atoms with Gasteiger partial charge in [-0.15, -0.1) is 0 Å². The third-order valence-electron chi connectivity index (χ3n) is 1.19. The SMILES string of the molecule is CSc1nc([CH]CC(N)=O)co1. The number of nitrogens with zero attached hydrogens (tertiary/aromatic N) is 1. The van der Waals surface area contributed by atoms with Crippen LogP contribution in [-0.2, 0) is 4.79 Å². The number of carbonyl (C=O) groups is 1. The third-order valence-corrected chi connectivity index (χ3v) is 1.72. The Morgan fingerprint density at radius 3 is 3.17 bits per heavy atom. The average molecular weight is 185 g/mol. The van der Waals surface area contributed by atoms with Crippen LogP contribution in [0.15, 0.2) is 15.9 Å². The Labute approximate surface area is 74.5 Å². The zero-order chi connectivity index (χ0) is 8.97. The van der Waals surface area contributed by atoms with Gasteiger partial charge in [-0.05, 0) is 6.26 Å². The molecule has 1 amide bonds. The number of amides is 1. The van der Waals surface area contributed by atoms with Gasteiger partial charge in [0.25, 0.3) is 5.22 Å². The molecular weight excluding hydrogens is 176 g/mol. The van der Waals surface area contributed by atoms with E-state index in [-0.39, 0.29) is 12.3 Å². The number of hydrogen-bond acceptors (Lipinski definition) is 4. The van der Waals surface area contributed by atoms with Crippen LogP contribution in [0.25, 0.3) is 0 Å². The summed E-state index contributed by atoms with van der Waals surface area (Å²) < 4.78 is 5.01. The highest BCUT2D eigenvalue weighted by molar-refractivity contribution is 7.98. The fourth-order valence-corrected chi connectivity index (χ4v) is 1.00. The van der Waals surface area contributed by atoms with Gasteiger partial charge >= 0.3 is 0 Å². The monoisotopic (exact) mass is 185 g/mol. The first kappa shape index (κ1) is 9.12. The van der Waals surface area contributed by atoms with Gasteiger partial charge in [0.2, 0.25) is 5.91 Å². The third kappa shape index (κ3) is 2.58. The number of hydrogen-bond donors (Lipinski definition) is 1. The van der Waals surface area contributed by atoms with E-state index in [1.54, 1.807) is 6.42 Å². The van der Waals surface area contributed by atoms with Crippen molar-refractivity contribution in [3.05, 3.63) is 18.4 Å². The van der Waals surface area contributed by atoms with E-state index in [0.29, 0.717) is 10.9 Å². The molecule has 0 spiro atoms. The number of carbonyl (C=O) groups excluding carboxylic acids is 1. The number of oxazole rings is 1. The molecule has 0 saturated carbocycles. The van der Waals surface area contributed by atoms with Gasteiger partial charge in [-0.1, -0.05) is 11.8 Å². The Morgan fingerprint density at radius 2 is 2.67 bits per heavy atom. The molecule has 1 heterocycles. The Hall–Kier alpha value is -0.970. The van der Waals surface area contributed by atoms with Crippen molar-refractivity contribution in [3.8, 4) is 0 Å². The molecular formula is C7H9N2O2S. The summed E-state index contributed by atoms with van der Waals surface area (Å²) in [5.41, 5.74) is 5.60. The molecule has 5 heteroatoms. The van der Waals surface area contributed by atoms with Gasteiger partial charge in [0, 0.05) is 12.8 Å². The summed E-state index contributed by atoms with van der Waals surface area (Å²) in [5.74, 6) is -0.372. The summed E-state index contributed by atoms with van der Waals surface area (Å²) in [5, 5.41) is 0.589. The van der Waals surface area contributed by atoms with Crippen molar-refractivity contribution in [1.82, 2.24) is 4.98 Å². The van der Waals surface area contributed by atoms with Gasteiger partial charge in [-0.25, -0.2) is 4.98 Å². The summed E-state index contributed by atoms with van der Waals surface area (Å²) >= 11 is 1.41. The van der Waals surface area contributed by atoms with E-state index in [0.717, 1.165) is 0 Å². The highest BCUT2D eigenvalue weighted by Gasteiger charge is 2.03. The van der Waals surface area contributed by atoms with Gasteiger partial charge in [0.05, 0.1) is 5.69 Å². The smallest absolute Gasteiger partial charge is 0.255 e. The molecule has 1 aromatic rings. The van der Waals surface area contributed by atoms with E-state index in [9.17, 15) is 4.79 Å². The number of rotatable bonds is 4. The fraction of sp³-hybridized carbons (Fsp3) is 0.286. The summed E-state index contributed by atoms with van der Waals surface area (Å²) in [6.45, 7) is 0. The Balaban J connectivity index is 2.47. The van der Waals surface area contributed by atoms with Crippen molar-refractivity contribution in [2.24, 2.45) is 5.73 Å². The lowest BCUT2D eigenvalue weighted by Crippen LogP contribution is -2.10. The minimum atomic E-state index is -0.372. The molecule has 0 saturated heterocycles. The van der Waals surface area contributed by atoms with Crippen LogP contribution in [0.4, 0.5) is 0 Å². The second kappa shape index (κ2) is 4.15.